The van der Waals surface area contributed by atoms with Crippen molar-refractivity contribution >= 4 is 35.0 Å². The maximum Gasteiger partial charge on any atom is 0.339 e. The van der Waals surface area contributed by atoms with E-state index < -0.39 is 23.1 Å². The molecule has 0 unspecified atom stereocenters. The molecule has 0 aromatic heterocycles. The minimum absolute atomic E-state index is 0.126. The molecule has 0 aliphatic heterocycles. The molecular weight excluding hydrogens is 258 g/mol. The number of carboxylic acid groups (broad SMARTS) is 1. The van der Waals surface area contributed by atoms with Gasteiger partial charge >= 0.3 is 5.97 Å². The quantitative estimate of drug-likeness (QED) is 0.300. The van der Waals surface area contributed by atoms with Crippen LogP contribution in [0.3, 0.4) is 0 Å². The Morgan fingerprint density at radius 3 is 2.31 bits per heavy atom. The van der Waals surface area contributed by atoms with Crippen LogP contribution < -0.4 is 0 Å². The molecule has 1 N–H and O–H groups in total. The van der Waals surface area contributed by atoms with E-state index in [-0.39, 0.29) is 15.6 Å². The van der Waals surface area contributed by atoms with E-state index in [0.717, 1.165) is 12.1 Å². The van der Waals surface area contributed by atoms with E-state index >= 15 is 0 Å². The number of rotatable bonds is 3. The van der Waals surface area contributed by atoms with Crippen molar-refractivity contribution in [1.82, 2.24) is 0 Å². The number of benzene rings is 1. The molecule has 0 bridgehead atoms. The number of aliphatic carboxylic acids is 1. The van der Waals surface area contributed by atoms with Crippen LogP contribution in [0, 0.1) is 5.82 Å². The summed E-state index contributed by atoms with van der Waals surface area (Å²) in [6.07, 6.45) is 0. The third-order valence-electron chi connectivity index (χ3n) is 1.79. The van der Waals surface area contributed by atoms with Crippen LogP contribution >= 0.6 is 23.2 Å². The van der Waals surface area contributed by atoms with Gasteiger partial charge in [-0.05, 0) is 12.1 Å². The van der Waals surface area contributed by atoms with Gasteiger partial charge in [0.1, 0.15) is 11.4 Å². The van der Waals surface area contributed by atoms with Crippen molar-refractivity contribution in [3.8, 4) is 0 Å². The standard InChI is InChI=1S/C10H5Cl2FO3/c1-4(10(15)16)9(14)5-2-8(13)7(12)3-6(5)11/h2-3H,1H2,(H,15,16). The second-order valence-electron chi connectivity index (χ2n) is 2.86. The summed E-state index contributed by atoms with van der Waals surface area (Å²) in [4.78, 5) is 22.0. The van der Waals surface area contributed by atoms with Gasteiger partial charge in [-0.25, -0.2) is 9.18 Å². The highest BCUT2D eigenvalue weighted by molar-refractivity contribution is 6.38. The molecule has 1 rings (SSSR count). The van der Waals surface area contributed by atoms with Crippen molar-refractivity contribution in [2.24, 2.45) is 0 Å². The van der Waals surface area contributed by atoms with Crippen molar-refractivity contribution in [1.29, 1.82) is 0 Å². The summed E-state index contributed by atoms with van der Waals surface area (Å²) >= 11 is 11.1. The fraction of sp³-hybridized carbons (Fsp3) is 0. The zero-order valence-corrected chi connectivity index (χ0v) is 9.27. The number of halogens is 3. The van der Waals surface area contributed by atoms with Crippen LogP contribution in [0.15, 0.2) is 24.3 Å². The van der Waals surface area contributed by atoms with Crippen molar-refractivity contribution in [2.45, 2.75) is 0 Å². The molecule has 3 nitrogen and oxygen atoms in total. The maximum absolute atomic E-state index is 13.1. The molecule has 0 spiro atoms. The molecule has 84 valence electrons. The van der Waals surface area contributed by atoms with E-state index in [0.29, 0.717) is 0 Å². The third kappa shape index (κ3) is 2.40. The topological polar surface area (TPSA) is 54.4 Å². The van der Waals surface area contributed by atoms with E-state index in [1.54, 1.807) is 0 Å². The summed E-state index contributed by atoms with van der Waals surface area (Å²) in [5.74, 6) is -3.29. The van der Waals surface area contributed by atoms with Gasteiger partial charge in [-0.1, -0.05) is 29.8 Å². The van der Waals surface area contributed by atoms with Gasteiger partial charge in [-0.15, -0.1) is 0 Å². The van der Waals surface area contributed by atoms with Crippen LogP contribution in [0.2, 0.25) is 10.0 Å². The molecule has 6 heteroatoms. The lowest BCUT2D eigenvalue weighted by molar-refractivity contribution is -0.132. The molecule has 1 aromatic rings. The Kier molecular flexibility index (Phi) is 3.67. The number of carbonyl (C=O) groups excluding carboxylic acids is 1. The van der Waals surface area contributed by atoms with Crippen LogP contribution in [0.4, 0.5) is 4.39 Å². The Labute approximate surface area is 100 Å². The van der Waals surface area contributed by atoms with Crippen molar-refractivity contribution in [2.75, 3.05) is 0 Å². The van der Waals surface area contributed by atoms with Gasteiger partial charge in [-0.3, -0.25) is 4.79 Å². The fourth-order valence-corrected chi connectivity index (χ4v) is 1.43. The number of carbonyl (C=O) groups is 2. The van der Waals surface area contributed by atoms with Gasteiger partial charge in [-0.2, -0.15) is 0 Å². The minimum Gasteiger partial charge on any atom is -0.478 e. The molecule has 0 fully saturated rings. The molecule has 0 saturated heterocycles. The molecule has 0 heterocycles. The highest BCUT2D eigenvalue weighted by atomic mass is 35.5. The predicted molar refractivity (Wildman–Crippen MR) is 57.5 cm³/mol. The normalized spacial score (nSPS) is 9.94. The summed E-state index contributed by atoms with van der Waals surface area (Å²) in [5, 5.41) is 8.17. The van der Waals surface area contributed by atoms with E-state index in [1.807, 2.05) is 0 Å². The van der Waals surface area contributed by atoms with Gasteiger partial charge in [0, 0.05) is 5.56 Å². The van der Waals surface area contributed by atoms with Crippen molar-refractivity contribution in [3.63, 3.8) is 0 Å². The van der Waals surface area contributed by atoms with Gasteiger partial charge in [0.15, 0.2) is 0 Å². The molecule has 0 atom stereocenters. The average Bonchev–Trinajstić information content (AvgIpc) is 2.21. The monoisotopic (exact) mass is 262 g/mol. The van der Waals surface area contributed by atoms with Crippen molar-refractivity contribution < 1.29 is 19.1 Å². The molecule has 0 aliphatic carbocycles. The van der Waals surface area contributed by atoms with E-state index in [1.165, 1.54) is 0 Å². The van der Waals surface area contributed by atoms with Gasteiger partial charge in [0.05, 0.1) is 10.0 Å². The lowest BCUT2D eigenvalue weighted by atomic mass is 10.0. The van der Waals surface area contributed by atoms with Crippen LogP contribution in [0.25, 0.3) is 0 Å². The third-order valence-corrected chi connectivity index (χ3v) is 2.39. The molecule has 0 saturated carbocycles. The fourth-order valence-electron chi connectivity index (χ4n) is 0.956. The number of hydrogen-bond donors (Lipinski definition) is 1. The van der Waals surface area contributed by atoms with Crippen LogP contribution in [-0.4, -0.2) is 16.9 Å². The van der Waals surface area contributed by atoms with E-state index in [4.69, 9.17) is 28.3 Å². The lowest BCUT2D eigenvalue weighted by Gasteiger charge is -2.04. The van der Waals surface area contributed by atoms with Crippen molar-refractivity contribution in [3.05, 3.63) is 45.7 Å². The van der Waals surface area contributed by atoms with Crippen LogP contribution in [0.5, 0.6) is 0 Å². The summed E-state index contributed by atoms with van der Waals surface area (Å²) in [6.45, 7) is 3.06. The first-order chi connectivity index (χ1) is 7.34. The molecule has 1 aromatic carbocycles. The predicted octanol–water partition coefficient (Wildman–Crippen LogP) is 2.96. The van der Waals surface area contributed by atoms with Gasteiger partial charge in [0.25, 0.3) is 0 Å². The molecular formula is C10H5Cl2FO3. The van der Waals surface area contributed by atoms with Gasteiger partial charge in [0.2, 0.25) is 5.78 Å². The summed E-state index contributed by atoms with van der Waals surface area (Å²) in [5.41, 5.74) is -0.973. The van der Waals surface area contributed by atoms with E-state index in [9.17, 15) is 14.0 Å². The SMILES string of the molecule is C=C(C(=O)O)C(=O)c1cc(F)c(Cl)cc1Cl. The first kappa shape index (κ1) is 12.7. The summed E-state index contributed by atoms with van der Waals surface area (Å²) in [7, 11) is 0. The number of ketones is 1. The molecule has 0 amide bonds. The largest absolute Gasteiger partial charge is 0.478 e. The zero-order chi connectivity index (χ0) is 12.5. The molecule has 16 heavy (non-hydrogen) atoms. The Morgan fingerprint density at radius 1 is 1.25 bits per heavy atom. The summed E-state index contributed by atoms with van der Waals surface area (Å²) < 4.78 is 13.1. The first-order valence-electron chi connectivity index (χ1n) is 3.96. The molecule has 0 aliphatic rings. The average molecular weight is 263 g/mol. The van der Waals surface area contributed by atoms with Gasteiger partial charge < -0.3 is 5.11 Å². The highest BCUT2D eigenvalue weighted by Gasteiger charge is 2.20. The Hall–Kier alpha value is -1.39. The number of carboxylic acids is 1. The van der Waals surface area contributed by atoms with Crippen LogP contribution in [0.1, 0.15) is 10.4 Å². The zero-order valence-electron chi connectivity index (χ0n) is 7.76. The Bertz CT molecular complexity index is 497. The first-order valence-corrected chi connectivity index (χ1v) is 4.71. The van der Waals surface area contributed by atoms with E-state index in [2.05, 4.69) is 6.58 Å². The lowest BCUT2D eigenvalue weighted by Crippen LogP contribution is -2.12. The molecule has 0 radical (unpaired) electrons. The maximum atomic E-state index is 13.1. The summed E-state index contributed by atoms with van der Waals surface area (Å²) in [6, 6.07) is 1.81. The van der Waals surface area contributed by atoms with Crippen LogP contribution in [-0.2, 0) is 4.79 Å². The number of hydrogen-bond acceptors (Lipinski definition) is 2. The minimum atomic E-state index is -1.49. The Balaban J connectivity index is 3.24. The number of Topliss-reactive ketones (excluding diaryl/α,β-unsaturated/α-hetero) is 1. The second kappa shape index (κ2) is 4.63. The smallest absolute Gasteiger partial charge is 0.339 e. The highest BCUT2D eigenvalue weighted by Crippen LogP contribution is 2.25. The second-order valence-corrected chi connectivity index (χ2v) is 3.67. The Morgan fingerprint density at radius 2 is 1.81 bits per heavy atom.